The molecule has 154 valence electrons. The van der Waals surface area contributed by atoms with Crippen molar-refractivity contribution in [3.8, 4) is 0 Å². The molecule has 6 nitrogen and oxygen atoms in total. The molecule has 1 aromatic carbocycles. The number of thiocarbonyl (C=S) groups is 1. The van der Waals surface area contributed by atoms with Crippen LogP contribution in [0.1, 0.15) is 25.0 Å². The molecule has 0 bridgehead atoms. The zero-order valence-corrected chi connectivity index (χ0v) is 18.5. The quantitative estimate of drug-likeness (QED) is 0.395. The molecule has 2 amide bonds. The van der Waals surface area contributed by atoms with Crippen molar-refractivity contribution in [3.05, 3.63) is 40.4 Å². The second kappa shape index (κ2) is 9.56. The van der Waals surface area contributed by atoms with E-state index in [-0.39, 0.29) is 18.4 Å². The first-order valence-corrected chi connectivity index (χ1v) is 10.8. The van der Waals surface area contributed by atoms with Gasteiger partial charge in [0.1, 0.15) is 10.9 Å². The summed E-state index contributed by atoms with van der Waals surface area (Å²) in [6.07, 6.45) is 4.68. The number of benzene rings is 1. The molecular weight excluding hydrogens is 406 g/mol. The van der Waals surface area contributed by atoms with Gasteiger partial charge in [-0.1, -0.05) is 49.1 Å². The Labute approximate surface area is 180 Å². The Kier molecular flexibility index (Phi) is 7.10. The fourth-order valence-corrected chi connectivity index (χ4v) is 4.78. The maximum absolute atomic E-state index is 12.6. The van der Waals surface area contributed by atoms with Crippen molar-refractivity contribution < 1.29 is 14.3 Å². The highest BCUT2D eigenvalue weighted by atomic mass is 32.2. The largest absolute Gasteiger partial charge is 0.383 e. The lowest BCUT2D eigenvalue weighted by molar-refractivity contribution is -0.122. The molecule has 0 radical (unpaired) electrons. The summed E-state index contributed by atoms with van der Waals surface area (Å²) in [5.41, 5.74) is 3.10. The van der Waals surface area contributed by atoms with Gasteiger partial charge in [-0.15, -0.1) is 0 Å². The number of amides is 2. The molecule has 0 unspecified atom stereocenters. The molecule has 3 rings (SSSR count). The van der Waals surface area contributed by atoms with Crippen molar-refractivity contribution in [2.24, 2.45) is 0 Å². The van der Waals surface area contributed by atoms with Crippen LogP contribution in [0.15, 0.2) is 29.3 Å². The van der Waals surface area contributed by atoms with Crippen molar-refractivity contribution in [2.45, 2.75) is 26.8 Å². The Balaban J connectivity index is 1.99. The fourth-order valence-electron chi connectivity index (χ4n) is 3.41. The van der Waals surface area contributed by atoms with E-state index in [9.17, 15) is 9.59 Å². The SMILES string of the molecule is CCc1cccc2c(/C=C3\SC(=S)N(CC)C3=O)cn(CC(=O)NCCOC)c12. The molecule has 1 fully saturated rings. The molecule has 29 heavy (non-hydrogen) atoms. The van der Waals surface area contributed by atoms with Crippen LogP contribution in [-0.2, 0) is 27.3 Å². The highest BCUT2D eigenvalue weighted by molar-refractivity contribution is 8.26. The predicted octanol–water partition coefficient (Wildman–Crippen LogP) is 3.19. The summed E-state index contributed by atoms with van der Waals surface area (Å²) >= 11 is 6.64. The third kappa shape index (κ3) is 4.55. The predicted molar refractivity (Wildman–Crippen MR) is 122 cm³/mol. The Bertz CT molecular complexity index is 981. The lowest BCUT2D eigenvalue weighted by Crippen LogP contribution is -2.30. The van der Waals surface area contributed by atoms with Crippen LogP contribution >= 0.6 is 24.0 Å². The number of likely N-dealkylation sites (N-methyl/N-ethyl adjacent to an activating group) is 1. The number of carbonyl (C=O) groups is 2. The average Bonchev–Trinajstić information content (AvgIpc) is 3.18. The zero-order valence-electron chi connectivity index (χ0n) is 16.9. The van der Waals surface area contributed by atoms with Crippen LogP contribution in [0.5, 0.6) is 0 Å². The number of aromatic nitrogens is 1. The van der Waals surface area contributed by atoms with Gasteiger partial charge in [0.15, 0.2) is 0 Å². The van der Waals surface area contributed by atoms with Crippen molar-refractivity contribution in [2.75, 3.05) is 26.8 Å². The van der Waals surface area contributed by atoms with Gasteiger partial charge in [0.05, 0.1) is 17.0 Å². The lowest BCUT2D eigenvalue weighted by Gasteiger charge is -2.09. The van der Waals surface area contributed by atoms with Crippen molar-refractivity contribution >= 4 is 57.1 Å². The van der Waals surface area contributed by atoms with Crippen LogP contribution in [-0.4, -0.2) is 52.4 Å². The van der Waals surface area contributed by atoms with E-state index in [1.165, 1.54) is 11.8 Å². The maximum Gasteiger partial charge on any atom is 0.266 e. The standard InChI is InChI=1S/C21H25N3O3S2/c1-4-14-7-6-8-16-15(11-17-20(26)24(5-2)21(28)29-17)12-23(19(14)16)13-18(25)22-9-10-27-3/h6-8,11-12H,4-5,9-10,13H2,1-3H3,(H,22,25)/b17-11-. The number of ether oxygens (including phenoxy) is 1. The van der Waals surface area contributed by atoms with Gasteiger partial charge in [-0.25, -0.2) is 0 Å². The third-order valence-electron chi connectivity index (χ3n) is 4.81. The summed E-state index contributed by atoms with van der Waals surface area (Å²) in [4.78, 5) is 27.2. The van der Waals surface area contributed by atoms with Gasteiger partial charge in [0.25, 0.3) is 5.91 Å². The molecule has 1 aliphatic rings. The number of carbonyl (C=O) groups excluding carboxylic acids is 2. The maximum atomic E-state index is 12.6. The number of para-hydroxylation sites is 1. The molecule has 2 aromatic rings. The second-order valence-electron chi connectivity index (χ2n) is 6.65. The van der Waals surface area contributed by atoms with Crippen LogP contribution in [0.4, 0.5) is 0 Å². The molecule has 1 saturated heterocycles. The number of fused-ring (bicyclic) bond motifs is 1. The molecule has 1 aliphatic heterocycles. The van der Waals surface area contributed by atoms with Gasteiger partial charge < -0.3 is 14.6 Å². The average molecular weight is 432 g/mol. The summed E-state index contributed by atoms with van der Waals surface area (Å²) in [5, 5.41) is 3.88. The monoisotopic (exact) mass is 431 g/mol. The highest BCUT2D eigenvalue weighted by Crippen LogP contribution is 2.34. The second-order valence-corrected chi connectivity index (χ2v) is 8.32. The number of thioether (sulfide) groups is 1. The van der Waals surface area contributed by atoms with Gasteiger partial charge in [-0.2, -0.15) is 0 Å². The zero-order chi connectivity index (χ0) is 21.0. The Morgan fingerprint density at radius 3 is 2.79 bits per heavy atom. The van der Waals surface area contributed by atoms with E-state index in [4.69, 9.17) is 17.0 Å². The van der Waals surface area contributed by atoms with E-state index in [1.807, 2.05) is 35.9 Å². The molecule has 1 N–H and O–H groups in total. The highest BCUT2D eigenvalue weighted by Gasteiger charge is 2.31. The van der Waals surface area contributed by atoms with E-state index >= 15 is 0 Å². The minimum absolute atomic E-state index is 0.0626. The molecule has 0 spiro atoms. The van der Waals surface area contributed by atoms with Crippen LogP contribution in [0.3, 0.4) is 0 Å². The Morgan fingerprint density at radius 1 is 1.34 bits per heavy atom. The number of rotatable bonds is 8. The Morgan fingerprint density at radius 2 is 2.14 bits per heavy atom. The normalized spacial score (nSPS) is 15.7. The number of nitrogens with zero attached hydrogens (tertiary/aromatic N) is 2. The third-order valence-corrected chi connectivity index (χ3v) is 6.19. The summed E-state index contributed by atoms with van der Waals surface area (Å²) in [7, 11) is 1.60. The first-order valence-electron chi connectivity index (χ1n) is 9.61. The summed E-state index contributed by atoms with van der Waals surface area (Å²) in [6.45, 7) is 5.73. The minimum Gasteiger partial charge on any atom is -0.383 e. The first-order chi connectivity index (χ1) is 14.0. The van der Waals surface area contributed by atoms with Crippen LogP contribution in [0, 0.1) is 0 Å². The Hall–Kier alpha value is -2.16. The van der Waals surface area contributed by atoms with Crippen LogP contribution in [0.2, 0.25) is 0 Å². The molecule has 2 heterocycles. The van der Waals surface area contributed by atoms with Crippen LogP contribution < -0.4 is 5.32 Å². The van der Waals surface area contributed by atoms with Gasteiger partial charge in [-0.3, -0.25) is 14.5 Å². The molecule has 1 aromatic heterocycles. The summed E-state index contributed by atoms with van der Waals surface area (Å²) in [5.74, 6) is -0.138. The van der Waals surface area contributed by atoms with Gasteiger partial charge in [0.2, 0.25) is 5.91 Å². The number of aryl methyl sites for hydroxylation is 1. The molecule has 8 heteroatoms. The molecule has 0 atom stereocenters. The smallest absolute Gasteiger partial charge is 0.266 e. The number of hydrogen-bond acceptors (Lipinski definition) is 5. The topological polar surface area (TPSA) is 63.6 Å². The van der Waals surface area contributed by atoms with Crippen LogP contribution in [0.25, 0.3) is 17.0 Å². The van der Waals surface area contributed by atoms with Crippen molar-refractivity contribution in [3.63, 3.8) is 0 Å². The van der Waals surface area contributed by atoms with E-state index in [0.717, 1.165) is 28.5 Å². The van der Waals surface area contributed by atoms with E-state index in [0.29, 0.717) is 28.9 Å². The summed E-state index contributed by atoms with van der Waals surface area (Å²) < 4.78 is 7.53. The minimum atomic E-state index is -0.0753. The lowest BCUT2D eigenvalue weighted by atomic mass is 10.1. The molecular formula is C21H25N3O3S2. The van der Waals surface area contributed by atoms with Crippen molar-refractivity contribution in [1.29, 1.82) is 0 Å². The van der Waals surface area contributed by atoms with E-state index in [1.54, 1.807) is 12.0 Å². The molecule has 0 aliphatic carbocycles. The first kappa shape index (κ1) is 21.5. The number of methoxy groups -OCH3 is 1. The van der Waals surface area contributed by atoms with Gasteiger partial charge in [-0.05, 0) is 25.0 Å². The molecule has 0 saturated carbocycles. The summed E-state index contributed by atoms with van der Waals surface area (Å²) in [6, 6.07) is 6.11. The van der Waals surface area contributed by atoms with Gasteiger partial charge >= 0.3 is 0 Å². The van der Waals surface area contributed by atoms with E-state index < -0.39 is 0 Å². The van der Waals surface area contributed by atoms with Crippen molar-refractivity contribution in [1.82, 2.24) is 14.8 Å². The van der Waals surface area contributed by atoms with E-state index in [2.05, 4.69) is 18.3 Å². The number of hydrogen-bond donors (Lipinski definition) is 1. The fraction of sp³-hybridized carbons (Fsp3) is 0.381. The number of nitrogens with one attached hydrogen (secondary N) is 1. The van der Waals surface area contributed by atoms with Gasteiger partial charge in [0, 0.05) is 37.3 Å².